The summed E-state index contributed by atoms with van der Waals surface area (Å²) in [7, 11) is -4.05. The van der Waals surface area contributed by atoms with Crippen LogP contribution in [0.3, 0.4) is 0 Å². The molecular weight excluding hydrogens is 323 g/mol. The van der Waals surface area contributed by atoms with Gasteiger partial charge in [-0.3, -0.25) is 10.1 Å². The molecule has 0 unspecified atom stereocenters. The van der Waals surface area contributed by atoms with Crippen LogP contribution >= 0.6 is 22.6 Å². The van der Waals surface area contributed by atoms with Crippen LogP contribution in [0.25, 0.3) is 0 Å². The van der Waals surface area contributed by atoms with Gasteiger partial charge in [0.25, 0.3) is 0 Å². The van der Waals surface area contributed by atoms with Crippen LogP contribution in [0.4, 0.5) is 5.69 Å². The van der Waals surface area contributed by atoms with Crippen LogP contribution in [0, 0.1) is 13.7 Å². The minimum absolute atomic E-state index is 0.235. The summed E-state index contributed by atoms with van der Waals surface area (Å²) in [5, 5.41) is 15.4. The Bertz CT molecular complexity index is 485. The van der Waals surface area contributed by atoms with Crippen molar-refractivity contribution in [2.45, 2.75) is 4.90 Å². The molecule has 14 heavy (non-hydrogen) atoms. The smallest absolute Gasteiger partial charge is 0.258 e. The number of para-hydroxylation sites is 1. The van der Waals surface area contributed by atoms with Crippen molar-refractivity contribution >= 4 is 38.3 Å². The van der Waals surface area contributed by atoms with Crippen LogP contribution in [-0.4, -0.2) is 13.3 Å². The van der Waals surface area contributed by atoms with E-state index < -0.39 is 25.5 Å². The Morgan fingerprint density at radius 1 is 1.43 bits per heavy atom. The predicted octanol–water partition coefficient (Wildman–Crippen LogP) is 0.847. The molecule has 0 aromatic heterocycles. The van der Waals surface area contributed by atoms with Gasteiger partial charge in [-0.05, 0) is 34.7 Å². The number of nitro benzene ring substituents is 1. The largest absolute Gasteiger partial charge is 0.302 e. The van der Waals surface area contributed by atoms with Gasteiger partial charge >= 0.3 is 5.69 Å². The molecule has 0 fully saturated rings. The fraction of sp³-hybridized carbons (Fsp3) is 0. The molecule has 0 heterocycles. The maximum absolute atomic E-state index is 11.0. The maximum atomic E-state index is 11.0. The number of nitrogens with zero attached hydrogens (tertiary/aromatic N) is 1. The van der Waals surface area contributed by atoms with E-state index in [0.717, 1.165) is 6.07 Å². The van der Waals surface area contributed by atoms with Gasteiger partial charge in [-0.1, -0.05) is 6.07 Å². The lowest BCUT2D eigenvalue weighted by Crippen LogP contribution is -2.14. The molecule has 76 valence electrons. The lowest BCUT2D eigenvalue weighted by molar-refractivity contribution is -0.388. The van der Waals surface area contributed by atoms with Crippen molar-refractivity contribution in [2.75, 3.05) is 0 Å². The number of rotatable bonds is 2. The first-order valence-electron chi connectivity index (χ1n) is 3.29. The summed E-state index contributed by atoms with van der Waals surface area (Å²) in [5.74, 6) is 0. The molecule has 1 rings (SSSR count). The van der Waals surface area contributed by atoms with E-state index >= 15 is 0 Å². The first-order chi connectivity index (χ1) is 6.34. The summed E-state index contributed by atoms with van der Waals surface area (Å²) in [5.41, 5.74) is -0.476. The monoisotopic (exact) mass is 328 g/mol. The summed E-state index contributed by atoms with van der Waals surface area (Å²) in [6.07, 6.45) is 0. The Morgan fingerprint density at radius 3 is 2.36 bits per heavy atom. The van der Waals surface area contributed by atoms with E-state index in [0.29, 0.717) is 0 Å². The Hall–Kier alpha value is -0.740. The van der Waals surface area contributed by atoms with Gasteiger partial charge < -0.3 is 0 Å². The van der Waals surface area contributed by atoms with Gasteiger partial charge in [0.05, 0.1) is 8.49 Å². The van der Waals surface area contributed by atoms with Crippen LogP contribution in [-0.2, 0) is 10.0 Å². The van der Waals surface area contributed by atoms with Crippen LogP contribution in [0.15, 0.2) is 23.1 Å². The standard InChI is InChI=1S/C6H5IN2O4S/c7-4-2-1-3-5(14(8,12)13)6(4)9(10)11/h1-3H,(H2,8,12,13). The van der Waals surface area contributed by atoms with Crippen LogP contribution < -0.4 is 5.14 Å². The molecule has 0 saturated carbocycles. The van der Waals surface area contributed by atoms with Crippen molar-refractivity contribution in [3.8, 4) is 0 Å². The number of hydrogen-bond donors (Lipinski definition) is 1. The van der Waals surface area contributed by atoms with Crippen molar-refractivity contribution in [1.82, 2.24) is 0 Å². The molecule has 0 aliphatic carbocycles. The minimum atomic E-state index is -4.05. The molecule has 8 heteroatoms. The molecule has 1 aromatic carbocycles. The van der Waals surface area contributed by atoms with E-state index in [1.54, 1.807) is 22.6 Å². The van der Waals surface area contributed by atoms with Crippen molar-refractivity contribution in [1.29, 1.82) is 0 Å². The maximum Gasteiger partial charge on any atom is 0.302 e. The Morgan fingerprint density at radius 2 is 2.00 bits per heavy atom. The average Bonchev–Trinajstić information content (AvgIpc) is 2.01. The molecule has 0 amide bonds. The van der Waals surface area contributed by atoms with E-state index in [9.17, 15) is 18.5 Å². The lowest BCUT2D eigenvalue weighted by atomic mass is 10.3. The molecule has 0 aliphatic heterocycles. The second kappa shape index (κ2) is 3.79. The van der Waals surface area contributed by atoms with Gasteiger partial charge in [-0.15, -0.1) is 0 Å². The van der Waals surface area contributed by atoms with Gasteiger partial charge in [0.1, 0.15) is 0 Å². The Labute approximate surface area is 93.4 Å². The Balaban J connectivity index is 3.61. The number of benzene rings is 1. The summed E-state index contributed by atoms with van der Waals surface area (Å²) < 4.78 is 22.2. The predicted molar refractivity (Wildman–Crippen MR) is 57.2 cm³/mol. The molecule has 0 saturated heterocycles. The van der Waals surface area contributed by atoms with Gasteiger partial charge in [0.2, 0.25) is 10.0 Å². The highest BCUT2D eigenvalue weighted by Gasteiger charge is 2.25. The fourth-order valence-electron chi connectivity index (χ4n) is 0.902. The van der Waals surface area contributed by atoms with Gasteiger partial charge in [0, 0.05) is 0 Å². The summed E-state index contributed by atoms with van der Waals surface area (Å²) in [4.78, 5) is 9.34. The molecule has 0 aliphatic rings. The molecular formula is C6H5IN2O4S. The summed E-state index contributed by atoms with van der Waals surface area (Å²) in [6, 6.07) is 3.94. The highest BCUT2D eigenvalue weighted by atomic mass is 127. The molecule has 2 N–H and O–H groups in total. The van der Waals surface area contributed by atoms with Crippen molar-refractivity contribution in [3.63, 3.8) is 0 Å². The minimum Gasteiger partial charge on any atom is -0.258 e. The van der Waals surface area contributed by atoms with Crippen molar-refractivity contribution < 1.29 is 13.3 Å². The van der Waals surface area contributed by atoms with Gasteiger partial charge in [0.15, 0.2) is 4.90 Å². The van der Waals surface area contributed by atoms with Crippen LogP contribution in [0.5, 0.6) is 0 Å². The topological polar surface area (TPSA) is 103 Å². The third kappa shape index (κ3) is 2.19. The van der Waals surface area contributed by atoms with E-state index in [2.05, 4.69) is 0 Å². The quantitative estimate of drug-likeness (QED) is 0.494. The summed E-state index contributed by atoms with van der Waals surface area (Å²) >= 11 is 1.68. The number of nitro groups is 1. The highest BCUT2D eigenvalue weighted by molar-refractivity contribution is 14.1. The third-order valence-corrected chi connectivity index (χ3v) is 3.25. The molecule has 0 spiro atoms. The number of halogens is 1. The molecule has 0 bridgehead atoms. The van der Waals surface area contributed by atoms with E-state index in [1.165, 1.54) is 12.1 Å². The van der Waals surface area contributed by atoms with E-state index in [1.807, 2.05) is 0 Å². The van der Waals surface area contributed by atoms with Gasteiger partial charge in [-0.25, -0.2) is 13.6 Å². The van der Waals surface area contributed by atoms with E-state index in [-0.39, 0.29) is 3.57 Å². The second-order valence-electron chi connectivity index (χ2n) is 2.39. The first-order valence-corrected chi connectivity index (χ1v) is 5.92. The summed E-state index contributed by atoms with van der Waals surface area (Å²) in [6.45, 7) is 0. The Kier molecular flexibility index (Phi) is 3.07. The normalized spacial score (nSPS) is 11.3. The van der Waals surface area contributed by atoms with Crippen LogP contribution in [0.1, 0.15) is 0 Å². The van der Waals surface area contributed by atoms with E-state index in [4.69, 9.17) is 5.14 Å². The second-order valence-corrected chi connectivity index (χ2v) is 5.08. The number of sulfonamides is 1. The van der Waals surface area contributed by atoms with Crippen LogP contribution in [0.2, 0.25) is 0 Å². The zero-order chi connectivity index (χ0) is 10.9. The van der Waals surface area contributed by atoms with Crippen molar-refractivity contribution in [2.24, 2.45) is 5.14 Å². The molecule has 6 nitrogen and oxygen atoms in total. The van der Waals surface area contributed by atoms with Gasteiger partial charge in [-0.2, -0.15) is 0 Å². The molecule has 1 aromatic rings. The highest BCUT2D eigenvalue weighted by Crippen LogP contribution is 2.27. The molecule has 0 atom stereocenters. The number of primary sulfonamides is 1. The lowest BCUT2D eigenvalue weighted by Gasteiger charge is -2.01. The fourth-order valence-corrected chi connectivity index (χ4v) is 2.50. The number of hydrogen-bond acceptors (Lipinski definition) is 4. The zero-order valence-corrected chi connectivity index (χ0v) is 9.65. The van der Waals surface area contributed by atoms with Crippen molar-refractivity contribution in [3.05, 3.63) is 31.9 Å². The third-order valence-electron chi connectivity index (χ3n) is 1.44. The average molecular weight is 328 g/mol. The zero-order valence-electron chi connectivity index (χ0n) is 6.68. The number of nitrogens with two attached hydrogens (primary N) is 1. The molecule has 0 radical (unpaired) electrons. The first kappa shape index (κ1) is 11.3. The SMILES string of the molecule is NS(=O)(=O)c1cccc(I)c1[N+](=O)[O-].